The molecule has 7 rings (SSSR count). The van der Waals surface area contributed by atoms with Crippen LogP contribution in [0.2, 0.25) is 0 Å². The summed E-state index contributed by atoms with van der Waals surface area (Å²) in [4.78, 5) is 61.2. The molecule has 1 aliphatic carbocycles. The number of aromatic nitrogens is 4. The first-order valence-corrected chi connectivity index (χ1v) is 19.1. The topological polar surface area (TPSA) is 151 Å². The van der Waals surface area contributed by atoms with Gasteiger partial charge in [-0.05, 0) is 109 Å². The largest absolute Gasteiger partial charge is 0.477 e. The van der Waals surface area contributed by atoms with Crippen LogP contribution in [-0.4, -0.2) is 73.3 Å². The van der Waals surface area contributed by atoms with E-state index in [0.717, 1.165) is 66.5 Å². The summed E-state index contributed by atoms with van der Waals surface area (Å²) in [5.41, 5.74) is 5.56. The second-order valence-corrected chi connectivity index (χ2v) is 15.5. The summed E-state index contributed by atoms with van der Waals surface area (Å²) in [6, 6.07) is 12.7. The Balaban J connectivity index is 1.24. The molecular formula is C41H44BrN7O4. The lowest BCUT2D eigenvalue weighted by molar-refractivity contribution is -0.137. The Kier molecular flexibility index (Phi) is 10.5. The van der Waals surface area contributed by atoms with Gasteiger partial charge in [-0.3, -0.25) is 19.8 Å². The van der Waals surface area contributed by atoms with Gasteiger partial charge in [0.25, 0.3) is 0 Å². The van der Waals surface area contributed by atoms with Crippen LogP contribution in [0.4, 0.5) is 5.69 Å². The zero-order valence-electron chi connectivity index (χ0n) is 30.4. The number of carbonyl (C=O) groups excluding carboxylic acids is 3. The monoisotopic (exact) mass is 777 g/mol. The second-order valence-electron chi connectivity index (χ2n) is 14.7. The van der Waals surface area contributed by atoms with Gasteiger partial charge in [0.15, 0.2) is 11.6 Å². The number of nitrogens with zero attached hydrogens (tertiary/aromatic N) is 5. The SMILES string of the molecule is CC(=O)C(=N)c1cc(-c2cnc(C)nc2)cc2c1NCC(=O)N1[C@H](C(=O)Cc3nc(Br)ccc3C)C[C@@]3(COc4cccc(n4)CCCCCC2)C[C@@H]13. The number of nitrogens with one attached hydrogen (secondary N) is 2. The molecular weight excluding hydrogens is 734 g/mol. The van der Waals surface area contributed by atoms with Crippen LogP contribution in [0.15, 0.2) is 59.5 Å². The van der Waals surface area contributed by atoms with Crippen LogP contribution < -0.4 is 10.1 Å². The van der Waals surface area contributed by atoms with Crippen LogP contribution in [0.3, 0.4) is 0 Å². The minimum atomic E-state index is -0.643. The van der Waals surface area contributed by atoms with Crippen molar-refractivity contribution in [3.8, 4) is 17.0 Å². The fraction of sp³-hybridized carbons (Fsp3) is 0.415. The van der Waals surface area contributed by atoms with E-state index in [1.165, 1.54) is 6.92 Å². The second kappa shape index (κ2) is 15.3. The van der Waals surface area contributed by atoms with Gasteiger partial charge in [-0.1, -0.05) is 25.0 Å². The minimum absolute atomic E-state index is 0.0645. The van der Waals surface area contributed by atoms with Crippen molar-refractivity contribution < 1.29 is 19.1 Å². The normalized spacial score (nSPS) is 21.5. The van der Waals surface area contributed by atoms with Crippen LogP contribution in [0, 0.1) is 24.7 Å². The lowest BCUT2D eigenvalue weighted by Crippen LogP contribution is -2.46. The summed E-state index contributed by atoms with van der Waals surface area (Å²) < 4.78 is 6.96. The molecule has 0 spiro atoms. The molecule has 1 saturated heterocycles. The molecule has 1 aromatic carbocycles. The molecule has 2 N–H and O–H groups in total. The van der Waals surface area contributed by atoms with Gasteiger partial charge in [-0.2, -0.15) is 0 Å². The van der Waals surface area contributed by atoms with Crippen molar-refractivity contribution in [2.45, 2.75) is 90.6 Å². The van der Waals surface area contributed by atoms with Gasteiger partial charge in [0.05, 0.1) is 31.3 Å². The zero-order chi connectivity index (χ0) is 37.3. The van der Waals surface area contributed by atoms with E-state index in [1.54, 1.807) is 17.3 Å². The van der Waals surface area contributed by atoms with Crippen molar-refractivity contribution in [2.24, 2.45) is 5.41 Å². The number of ether oxygens (including phenoxy) is 1. The van der Waals surface area contributed by atoms with Crippen molar-refractivity contribution in [2.75, 3.05) is 18.5 Å². The standard InChI is InChI=1S/C41H44BrN7O4/c1-24-13-14-36(42)48-32(24)17-34(51)33-18-41-19-35(41)49(33)38(52)22-46-40-27(9-6-4-5-7-10-30-11-8-12-37(47-30)53-23-41)15-28(16-31(40)39(43)25(2)50)29-20-44-26(3)45-21-29/h8,11-16,20-21,33,35,43,46H,4-7,9-10,17-19,22-23H2,1-3H3/t33-,35+,41-/m0/s1. The Hall–Kier alpha value is -4.84. The average molecular weight is 779 g/mol. The highest BCUT2D eigenvalue weighted by atomic mass is 79.9. The third-order valence-electron chi connectivity index (χ3n) is 10.9. The summed E-state index contributed by atoms with van der Waals surface area (Å²) in [5.74, 6) is 0.550. The van der Waals surface area contributed by atoms with E-state index in [4.69, 9.17) is 15.1 Å². The van der Waals surface area contributed by atoms with Crippen LogP contribution in [-0.2, 0) is 33.6 Å². The van der Waals surface area contributed by atoms with Crippen LogP contribution in [0.5, 0.6) is 5.88 Å². The number of benzene rings is 1. The van der Waals surface area contributed by atoms with E-state index in [-0.39, 0.29) is 47.6 Å². The van der Waals surface area contributed by atoms with E-state index in [0.29, 0.717) is 52.7 Å². The molecule has 4 bridgehead atoms. The Labute approximate surface area is 318 Å². The summed E-state index contributed by atoms with van der Waals surface area (Å²) in [6.07, 6.45) is 10.2. The highest BCUT2D eigenvalue weighted by Crippen LogP contribution is 2.60. The molecule has 53 heavy (non-hydrogen) atoms. The molecule has 2 fully saturated rings. The number of hydrogen-bond donors (Lipinski definition) is 2. The Morgan fingerprint density at radius 2 is 1.77 bits per heavy atom. The van der Waals surface area contributed by atoms with E-state index in [1.807, 2.05) is 50.2 Å². The van der Waals surface area contributed by atoms with Gasteiger partial charge >= 0.3 is 0 Å². The molecule has 12 heteroatoms. The molecule has 0 unspecified atom stereocenters. The molecule has 5 heterocycles. The van der Waals surface area contributed by atoms with Crippen molar-refractivity contribution >= 4 is 44.8 Å². The molecule has 0 radical (unpaired) electrons. The minimum Gasteiger partial charge on any atom is -0.477 e. The smallest absolute Gasteiger partial charge is 0.242 e. The fourth-order valence-corrected chi connectivity index (χ4v) is 8.15. The van der Waals surface area contributed by atoms with E-state index in [2.05, 4.69) is 42.3 Å². The predicted molar refractivity (Wildman–Crippen MR) is 205 cm³/mol. The summed E-state index contributed by atoms with van der Waals surface area (Å²) in [6.45, 7) is 5.39. The number of halogens is 1. The number of ketones is 2. The number of Topliss-reactive ketones (excluding diaryl/α,β-unsaturated/α-hetero) is 2. The number of hydrogen-bond acceptors (Lipinski definition) is 10. The molecule has 11 nitrogen and oxygen atoms in total. The first-order chi connectivity index (χ1) is 25.5. The Morgan fingerprint density at radius 3 is 2.55 bits per heavy atom. The summed E-state index contributed by atoms with van der Waals surface area (Å²) in [7, 11) is 0. The molecule has 3 aromatic heterocycles. The van der Waals surface area contributed by atoms with Gasteiger partial charge in [-0.25, -0.2) is 19.9 Å². The third-order valence-corrected chi connectivity index (χ3v) is 11.3. The lowest BCUT2D eigenvalue weighted by atomic mass is 9.92. The lowest BCUT2D eigenvalue weighted by Gasteiger charge is -2.28. The first kappa shape index (κ1) is 36.5. The van der Waals surface area contributed by atoms with Crippen molar-refractivity contribution in [1.29, 1.82) is 5.41 Å². The molecule has 1 saturated carbocycles. The van der Waals surface area contributed by atoms with Gasteiger partial charge in [0, 0.05) is 59.3 Å². The van der Waals surface area contributed by atoms with Crippen molar-refractivity contribution in [3.05, 3.63) is 93.4 Å². The molecule has 2 aliphatic heterocycles. The van der Waals surface area contributed by atoms with Crippen molar-refractivity contribution in [1.82, 2.24) is 24.8 Å². The van der Waals surface area contributed by atoms with Crippen LogP contribution >= 0.6 is 15.9 Å². The van der Waals surface area contributed by atoms with Crippen LogP contribution in [0.1, 0.15) is 79.4 Å². The maximum absolute atomic E-state index is 14.4. The quantitative estimate of drug-likeness (QED) is 0.163. The highest BCUT2D eigenvalue weighted by Gasteiger charge is 2.67. The van der Waals surface area contributed by atoms with Gasteiger partial charge in [0.2, 0.25) is 11.8 Å². The average Bonchev–Trinajstić information content (AvgIpc) is 3.75. The number of rotatable bonds is 6. The molecule has 4 aromatic rings. The third kappa shape index (κ3) is 7.93. The Bertz CT molecular complexity index is 2090. The molecule has 3 atom stereocenters. The Morgan fingerprint density at radius 1 is 1.00 bits per heavy atom. The maximum atomic E-state index is 14.4. The van der Waals surface area contributed by atoms with Crippen molar-refractivity contribution in [3.63, 3.8) is 0 Å². The fourth-order valence-electron chi connectivity index (χ4n) is 7.80. The van der Waals surface area contributed by atoms with Crippen LogP contribution in [0.25, 0.3) is 11.1 Å². The number of carbonyl (C=O) groups is 3. The molecule has 3 aliphatic rings. The van der Waals surface area contributed by atoms with Gasteiger partial charge in [-0.15, -0.1) is 0 Å². The zero-order valence-corrected chi connectivity index (χ0v) is 32.0. The van der Waals surface area contributed by atoms with Gasteiger partial charge in [0.1, 0.15) is 16.1 Å². The maximum Gasteiger partial charge on any atom is 0.242 e. The van der Waals surface area contributed by atoms with Gasteiger partial charge < -0.3 is 15.0 Å². The number of fused-ring (bicyclic) bond motifs is 3. The summed E-state index contributed by atoms with van der Waals surface area (Å²) in [5, 5.41) is 12.2. The number of pyridine rings is 2. The number of anilines is 1. The summed E-state index contributed by atoms with van der Waals surface area (Å²) >= 11 is 3.44. The number of amides is 1. The highest BCUT2D eigenvalue weighted by molar-refractivity contribution is 9.10. The first-order valence-electron chi connectivity index (χ1n) is 18.4. The number of aryl methyl sites for hydroxylation is 4. The van der Waals surface area contributed by atoms with E-state index >= 15 is 0 Å². The van der Waals surface area contributed by atoms with E-state index in [9.17, 15) is 14.4 Å². The molecule has 274 valence electrons. The van der Waals surface area contributed by atoms with E-state index < -0.39 is 6.04 Å². The molecule has 1 amide bonds. The number of piperidine rings is 1. The predicted octanol–water partition coefficient (Wildman–Crippen LogP) is 6.59.